The van der Waals surface area contributed by atoms with Gasteiger partial charge in [0.15, 0.2) is 0 Å². The maximum Gasteiger partial charge on any atom is 0.212 e. The van der Waals surface area contributed by atoms with Crippen molar-refractivity contribution >= 4 is 10.0 Å². The van der Waals surface area contributed by atoms with Crippen LogP contribution in [0.15, 0.2) is 0 Å². The highest BCUT2D eigenvalue weighted by molar-refractivity contribution is 7.89. The highest BCUT2D eigenvalue weighted by Crippen LogP contribution is 2.27. The van der Waals surface area contributed by atoms with Gasteiger partial charge in [-0.15, -0.1) is 0 Å². The Balaban J connectivity index is 1.68. The number of hydrogen-bond donors (Lipinski definition) is 1. The Labute approximate surface area is 126 Å². The maximum atomic E-state index is 12.4. The lowest BCUT2D eigenvalue weighted by molar-refractivity contribution is 0.376. The van der Waals surface area contributed by atoms with E-state index in [-0.39, 0.29) is 11.8 Å². The Morgan fingerprint density at radius 1 is 1.19 bits per heavy atom. The van der Waals surface area contributed by atoms with Crippen molar-refractivity contribution in [2.75, 3.05) is 5.75 Å². The van der Waals surface area contributed by atoms with Gasteiger partial charge in [0, 0.05) is 6.54 Å². The minimum atomic E-state index is -3.25. The molecule has 0 aromatic carbocycles. The predicted octanol–water partition coefficient (Wildman–Crippen LogP) is 1.92. The number of nitrogens with zero attached hydrogens (tertiary/aromatic N) is 3. The molecule has 21 heavy (non-hydrogen) atoms. The van der Waals surface area contributed by atoms with Gasteiger partial charge in [0.1, 0.15) is 11.6 Å². The lowest BCUT2D eigenvalue weighted by atomic mass is 9.91. The van der Waals surface area contributed by atoms with Crippen LogP contribution in [-0.2, 0) is 16.6 Å². The van der Waals surface area contributed by atoms with Gasteiger partial charge < -0.3 is 0 Å². The molecule has 2 heterocycles. The van der Waals surface area contributed by atoms with Crippen molar-refractivity contribution in [3.63, 3.8) is 0 Å². The average Bonchev–Trinajstić information content (AvgIpc) is 2.80. The zero-order valence-electron chi connectivity index (χ0n) is 12.6. The largest absolute Gasteiger partial charge is 0.248 e. The Hall–Kier alpha value is -0.950. The minimum absolute atomic E-state index is 0.214. The third kappa shape index (κ3) is 3.63. The highest BCUT2D eigenvalue weighted by atomic mass is 32.2. The summed E-state index contributed by atoms with van der Waals surface area (Å²) in [5.74, 6) is 2.06. The van der Waals surface area contributed by atoms with Gasteiger partial charge >= 0.3 is 0 Å². The minimum Gasteiger partial charge on any atom is -0.248 e. The van der Waals surface area contributed by atoms with Crippen LogP contribution in [0, 0.1) is 12.8 Å². The molecule has 3 rings (SSSR count). The number of fused-ring (bicyclic) bond motifs is 1. The maximum absolute atomic E-state index is 12.4. The van der Waals surface area contributed by atoms with Crippen LogP contribution in [0.3, 0.4) is 0 Å². The van der Waals surface area contributed by atoms with Crippen LogP contribution in [0.5, 0.6) is 0 Å². The molecule has 0 amide bonds. The Bertz CT molecular complexity index is 590. The van der Waals surface area contributed by atoms with Crippen LogP contribution in [0.1, 0.15) is 62.6 Å². The molecule has 1 fully saturated rings. The number of sulfonamides is 1. The average molecular weight is 312 g/mol. The van der Waals surface area contributed by atoms with Crippen molar-refractivity contribution in [1.29, 1.82) is 0 Å². The van der Waals surface area contributed by atoms with Crippen molar-refractivity contribution in [2.24, 2.45) is 5.92 Å². The molecule has 1 aliphatic heterocycles. The van der Waals surface area contributed by atoms with E-state index in [4.69, 9.17) is 0 Å². The summed E-state index contributed by atoms with van der Waals surface area (Å²) < 4.78 is 29.5. The van der Waals surface area contributed by atoms with Crippen molar-refractivity contribution in [1.82, 2.24) is 19.5 Å². The molecule has 118 valence electrons. The summed E-state index contributed by atoms with van der Waals surface area (Å²) in [6.45, 7) is 2.68. The predicted molar refractivity (Wildman–Crippen MR) is 80.2 cm³/mol. The zero-order chi connectivity index (χ0) is 14.9. The molecule has 0 saturated heterocycles. The van der Waals surface area contributed by atoms with Crippen LogP contribution in [-0.4, -0.2) is 28.9 Å². The van der Waals surface area contributed by atoms with Crippen LogP contribution >= 0.6 is 0 Å². The first-order valence-corrected chi connectivity index (χ1v) is 9.60. The van der Waals surface area contributed by atoms with E-state index >= 15 is 0 Å². The van der Waals surface area contributed by atoms with Crippen molar-refractivity contribution in [3.8, 4) is 0 Å². The van der Waals surface area contributed by atoms with E-state index < -0.39 is 10.0 Å². The topological polar surface area (TPSA) is 76.9 Å². The second kappa shape index (κ2) is 6.04. The van der Waals surface area contributed by atoms with Gasteiger partial charge in [-0.2, -0.15) is 5.10 Å². The van der Waals surface area contributed by atoms with Gasteiger partial charge in [0.05, 0.1) is 11.8 Å². The van der Waals surface area contributed by atoms with Crippen LogP contribution in [0.25, 0.3) is 0 Å². The number of aryl methyl sites for hydroxylation is 2. The quantitative estimate of drug-likeness (QED) is 0.921. The van der Waals surface area contributed by atoms with Gasteiger partial charge in [-0.05, 0) is 38.5 Å². The summed E-state index contributed by atoms with van der Waals surface area (Å²) in [7, 11) is -3.25. The lowest BCUT2D eigenvalue weighted by Gasteiger charge is -2.25. The fourth-order valence-corrected chi connectivity index (χ4v) is 5.22. The van der Waals surface area contributed by atoms with Crippen molar-refractivity contribution < 1.29 is 8.42 Å². The molecular formula is C14H24N4O2S. The summed E-state index contributed by atoms with van der Waals surface area (Å²) in [6, 6.07) is -0.214. The Morgan fingerprint density at radius 2 is 1.95 bits per heavy atom. The summed E-state index contributed by atoms with van der Waals surface area (Å²) >= 11 is 0. The fraction of sp³-hybridized carbons (Fsp3) is 0.857. The van der Waals surface area contributed by atoms with E-state index in [9.17, 15) is 8.42 Å². The lowest BCUT2D eigenvalue weighted by Crippen LogP contribution is -2.36. The summed E-state index contributed by atoms with van der Waals surface area (Å²) in [4.78, 5) is 4.39. The number of hydrogen-bond acceptors (Lipinski definition) is 4. The van der Waals surface area contributed by atoms with Gasteiger partial charge in [0.2, 0.25) is 10.0 Å². The first-order chi connectivity index (χ1) is 10.0. The van der Waals surface area contributed by atoms with E-state index in [1.165, 1.54) is 6.42 Å². The molecule has 1 N–H and O–H groups in total. The number of rotatable bonds is 4. The smallest absolute Gasteiger partial charge is 0.212 e. The Morgan fingerprint density at radius 3 is 2.71 bits per heavy atom. The fourth-order valence-electron chi connectivity index (χ4n) is 3.51. The number of nitrogens with one attached hydrogen (secondary N) is 1. The molecule has 6 nitrogen and oxygen atoms in total. The molecule has 0 unspecified atom stereocenters. The molecule has 0 bridgehead atoms. The van der Waals surface area contributed by atoms with Crippen LogP contribution in [0.2, 0.25) is 0 Å². The molecule has 1 aromatic heterocycles. The van der Waals surface area contributed by atoms with Crippen molar-refractivity contribution in [2.45, 2.75) is 64.5 Å². The molecule has 1 aliphatic carbocycles. The second-order valence-corrected chi connectivity index (χ2v) is 8.14. The molecular weight excluding hydrogens is 288 g/mol. The SMILES string of the molecule is Cc1nc2n(n1)CCC[C@@H]2NS(=O)(=O)CC1CCCCC1. The summed E-state index contributed by atoms with van der Waals surface area (Å²) in [5, 5.41) is 4.32. The van der Waals surface area contributed by atoms with Crippen molar-refractivity contribution in [3.05, 3.63) is 11.6 Å². The Kier molecular flexibility index (Phi) is 4.31. The van der Waals surface area contributed by atoms with Crippen LogP contribution < -0.4 is 4.72 Å². The van der Waals surface area contributed by atoms with E-state index in [1.807, 2.05) is 11.6 Å². The molecule has 7 heteroatoms. The molecule has 0 radical (unpaired) electrons. The zero-order valence-corrected chi connectivity index (χ0v) is 13.4. The van der Waals surface area contributed by atoms with E-state index in [2.05, 4.69) is 14.8 Å². The molecule has 1 atom stereocenters. The highest BCUT2D eigenvalue weighted by Gasteiger charge is 2.29. The van der Waals surface area contributed by atoms with E-state index in [0.29, 0.717) is 11.7 Å². The van der Waals surface area contributed by atoms with Gasteiger partial charge in [-0.3, -0.25) is 0 Å². The molecule has 1 aromatic rings. The summed E-state index contributed by atoms with van der Waals surface area (Å²) in [5.41, 5.74) is 0. The third-order valence-electron chi connectivity index (χ3n) is 4.48. The second-order valence-electron chi connectivity index (χ2n) is 6.34. The standard InChI is InChI=1S/C14H24N4O2S/c1-11-15-14-13(8-5-9-18(14)16-11)17-21(19,20)10-12-6-3-2-4-7-12/h12-13,17H,2-10H2,1H3/t13-/m0/s1. The number of aromatic nitrogens is 3. The normalized spacial score (nSPS) is 24.0. The molecule has 1 saturated carbocycles. The van der Waals surface area contributed by atoms with Gasteiger partial charge in [0.25, 0.3) is 0 Å². The monoisotopic (exact) mass is 312 g/mol. The first kappa shape index (κ1) is 15.0. The van der Waals surface area contributed by atoms with Gasteiger partial charge in [-0.25, -0.2) is 22.8 Å². The van der Waals surface area contributed by atoms with E-state index in [1.54, 1.807) is 0 Å². The molecule has 0 spiro atoms. The molecule has 2 aliphatic rings. The summed E-state index contributed by atoms with van der Waals surface area (Å²) in [6.07, 6.45) is 7.40. The first-order valence-electron chi connectivity index (χ1n) is 7.95. The third-order valence-corrected chi connectivity index (χ3v) is 6.04. The van der Waals surface area contributed by atoms with Gasteiger partial charge in [-0.1, -0.05) is 19.3 Å². The van der Waals surface area contributed by atoms with Crippen LogP contribution in [0.4, 0.5) is 0 Å². The van der Waals surface area contributed by atoms with E-state index in [0.717, 1.165) is 50.9 Å².